The number of hydrogen-bond donors (Lipinski definition) is 2. The zero-order valence-corrected chi connectivity index (χ0v) is 20.6. The first kappa shape index (κ1) is 24.0. The predicted octanol–water partition coefficient (Wildman–Crippen LogP) is 3.03. The third-order valence-electron chi connectivity index (χ3n) is 7.20. The largest absolute Gasteiger partial charge is 0.508 e. The minimum atomic E-state index is -1.71. The van der Waals surface area contributed by atoms with Gasteiger partial charge in [-0.3, -0.25) is 9.59 Å². The molecule has 5 rings (SSSR count). The highest BCUT2D eigenvalue weighted by Crippen LogP contribution is 2.42. The van der Waals surface area contributed by atoms with Gasteiger partial charge < -0.3 is 24.9 Å². The van der Waals surface area contributed by atoms with Crippen LogP contribution in [0.25, 0.3) is 22.3 Å². The van der Waals surface area contributed by atoms with Crippen LogP contribution in [0.3, 0.4) is 0 Å². The summed E-state index contributed by atoms with van der Waals surface area (Å²) in [7, 11) is 0. The minimum Gasteiger partial charge on any atom is -0.508 e. The van der Waals surface area contributed by atoms with E-state index in [1.807, 2.05) is 6.92 Å². The van der Waals surface area contributed by atoms with Crippen molar-refractivity contribution < 1.29 is 24.2 Å². The van der Waals surface area contributed by atoms with Gasteiger partial charge in [0.25, 0.3) is 5.56 Å². The molecule has 0 bridgehead atoms. The van der Waals surface area contributed by atoms with Gasteiger partial charge in [-0.2, -0.15) is 0 Å². The fraction of sp³-hybridized carbons (Fsp3) is 0.407. The maximum atomic E-state index is 13.7. The van der Waals surface area contributed by atoms with Crippen molar-refractivity contribution in [3.05, 3.63) is 56.9 Å². The molecule has 0 amide bonds. The molecule has 2 aromatic heterocycles. The molecule has 0 saturated carbocycles. The highest BCUT2D eigenvalue weighted by atomic mass is 16.6. The number of esters is 2. The Kier molecular flexibility index (Phi) is 5.83. The van der Waals surface area contributed by atoms with Crippen molar-refractivity contribution in [2.24, 2.45) is 5.73 Å². The molecule has 2 aliphatic heterocycles. The molecule has 0 fully saturated rings. The second-order valence-corrected chi connectivity index (χ2v) is 9.53. The Hall–Kier alpha value is -3.72. The van der Waals surface area contributed by atoms with Gasteiger partial charge in [-0.1, -0.05) is 13.8 Å². The van der Waals surface area contributed by atoms with E-state index in [0.717, 1.165) is 16.5 Å². The lowest BCUT2D eigenvalue weighted by atomic mass is 9.85. The summed E-state index contributed by atoms with van der Waals surface area (Å²) in [6.07, 6.45) is 1.26. The third kappa shape index (κ3) is 3.57. The Bertz CT molecular complexity index is 1470. The molecule has 2 atom stereocenters. The third-order valence-corrected chi connectivity index (χ3v) is 7.20. The van der Waals surface area contributed by atoms with E-state index >= 15 is 0 Å². The van der Waals surface area contributed by atoms with Gasteiger partial charge in [0.2, 0.25) is 5.60 Å². The van der Waals surface area contributed by atoms with E-state index in [4.69, 9.17) is 20.2 Å². The molecule has 1 aromatic carbocycles. The standard InChI is InChI=1S/C27H29N3O6/c1-4-16-17-10-15(31)7-8-21(17)29-24-18(16)12-30-22(24)11-20-19(25(30)33)13-35-26(34)27(20,5-2)36-23(32)9-6-14(3)28/h7-8,10-11,14,31H,4-6,9,12-13,28H2,1-3H3/t14-,27-/m0/s1. The molecule has 2 aliphatic rings. The van der Waals surface area contributed by atoms with Crippen LogP contribution in [0.5, 0.6) is 5.75 Å². The number of carbonyl (C=O) groups excluding carboxylic acids is 2. The van der Waals surface area contributed by atoms with Crippen molar-refractivity contribution >= 4 is 22.8 Å². The Morgan fingerprint density at radius 3 is 2.75 bits per heavy atom. The number of fused-ring (bicyclic) bond motifs is 5. The van der Waals surface area contributed by atoms with Crippen molar-refractivity contribution in [1.29, 1.82) is 0 Å². The molecule has 0 unspecified atom stereocenters. The first-order chi connectivity index (χ1) is 17.2. The molecule has 9 heteroatoms. The van der Waals surface area contributed by atoms with E-state index < -0.39 is 17.5 Å². The number of carbonyl (C=O) groups is 2. The van der Waals surface area contributed by atoms with E-state index in [1.165, 1.54) is 0 Å². The molecule has 9 nitrogen and oxygen atoms in total. The molecule has 3 aromatic rings. The van der Waals surface area contributed by atoms with Crippen molar-refractivity contribution in [1.82, 2.24) is 9.55 Å². The smallest absolute Gasteiger partial charge is 0.355 e. The van der Waals surface area contributed by atoms with Crippen molar-refractivity contribution in [2.75, 3.05) is 0 Å². The number of hydrogen-bond acceptors (Lipinski definition) is 8. The second kappa shape index (κ2) is 8.74. The number of benzene rings is 1. The first-order valence-electron chi connectivity index (χ1n) is 12.3. The van der Waals surface area contributed by atoms with Crippen LogP contribution in [-0.4, -0.2) is 32.6 Å². The van der Waals surface area contributed by atoms with E-state index in [0.29, 0.717) is 47.4 Å². The summed E-state index contributed by atoms with van der Waals surface area (Å²) in [5.41, 5.74) is 8.24. The number of aryl methyl sites for hydroxylation is 1. The summed E-state index contributed by atoms with van der Waals surface area (Å²) in [6.45, 7) is 5.66. The van der Waals surface area contributed by atoms with Crippen LogP contribution in [0.15, 0.2) is 29.1 Å². The molecule has 0 aliphatic carbocycles. The zero-order chi connectivity index (χ0) is 25.8. The molecular formula is C27H29N3O6. The monoisotopic (exact) mass is 491 g/mol. The Morgan fingerprint density at radius 1 is 1.28 bits per heavy atom. The fourth-order valence-electron chi connectivity index (χ4n) is 5.30. The fourth-order valence-corrected chi connectivity index (χ4v) is 5.30. The van der Waals surface area contributed by atoms with Crippen LogP contribution in [0, 0.1) is 0 Å². The maximum absolute atomic E-state index is 13.7. The molecule has 0 spiro atoms. The number of nitrogens with two attached hydrogens (primary N) is 1. The number of aromatic hydroxyl groups is 1. The summed E-state index contributed by atoms with van der Waals surface area (Å²) in [5.74, 6) is -1.11. The lowest BCUT2D eigenvalue weighted by Crippen LogP contribution is -2.47. The number of nitrogens with zero attached hydrogens (tertiary/aromatic N) is 2. The Labute approximate surface area is 207 Å². The highest BCUT2D eigenvalue weighted by Gasteiger charge is 2.50. The van der Waals surface area contributed by atoms with Crippen molar-refractivity contribution in [3.63, 3.8) is 0 Å². The van der Waals surface area contributed by atoms with Crippen molar-refractivity contribution in [2.45, 2.75) is 71.2 Å². The van der Waals surface area contributed by atoms with Crippen LogP contribution in [0.1, 0.15) is 62.3 Å². The van der Waals surface area contributed by atoms with Gasteiger partial charge in [-0.05, 0) is 56.0 Å². The van der Waals surface area contributed by atoms with Gasteiger partial charge >= 0.3 is 11.9 Å². The number of aromatic nitrogens is 2. The summed E-state index contributed by atoms with van der Waals surface area (Å²) < 4.78 is 12.8. The number of ether oxygens (including phenoxy) is 2. The lowest BCUT2D eigenvalue weighted by Gasteiger charge is -2.35. The molecular weight excluding hydrogens is 462 g/mol. The van der Waals surface area contributed by atoms with Gasteiger partial charge in [0.05, 0.1) is 29.0 Å². The van der Waals surface area contributed by atoms with Crippen molar-refractivity contribution in [3.8, 4) is 17.1 Å². The predicted molar refractivity (Wildman–Crippen MR) is 132 cm³/mol. The SMILES string of the molecule is CCc1c2c(nc3ccc(O)cc13)-c1cc3c(c(=O)n1C2)COC(=O)[C@@]3(CC)OC(=O)CC[C@H](C)N. The van der Waals surface area contributed by atoms with Gasteiger partial charge in [-0.25, -0.2) is 9.78 Å². The van der Waals surface area contributed by atoms with Crippen LogP contribution < -0.4 is 11.3 Å². The van der Waals surface area contributed by atoms with E-state index in [2.05, 4.69) is 0 Å². The number of cyclic esters (lactones) is 1. The minimum absolute atomic E-state index is 0.0506. The summed E-state index contributed by atoms with van der Waals surface area (Å²) in [4.78, 5) is 44.3. The number of rotatable bonds is 6. The molecule has 4 heterocycles. The summed E-state index contributed by atoms with van der Waals surface area (Å²) in [6, 6.07) is 6.58. The van der Waals surface area contributed by atoms with Crippen LogP contribution in [0.4, 0.5) is 0 Å². The average Bonchev–Trinajstić information content (AvgIpc) is 3.22. The van der Waals surface area contributed by atoms with E-state index in [9.17, 15) is 19.5 Å². The summed E-state index contributed by atoms with van der Waals surface area (Å²) >= 11 is 0. The Balaban J connectivity index is 1.70. The molecule has 0 saturated heterocycles. The molecule has 0 radical (unpaired) electrons. The molecule has 188 valence electrons. The van der Waals surface area contributed by atoms with Gasteiger partial charge in [-0.15, -0.1) is 0 Å². The number of phenols is 1. The molecule has 3 N–H and O–H groups in total. The number of pyridine rings is 2. The van der Waals surface area contributed by atoms with Crippen LogP contribution in [0.2, 0.25) is 0 Å². The van der Waals surface area contributed by atoms with E-state index in [1.54, 1.807) is 42.7 Å². The Morgan fingerprint density at radius 2 is 2.06 bits per heavy atom. The quantitative estimate of drug-likeness (QED) is 0.393. The second-order valence-electron chi connectivity index (χ2n) is 9.53. The first-order valence-corrected chi connectivity index (χ1v) is 12.3. The highest BCUT2D eigenvalue weighted by molar-refractivity contribution is 5.90. The van der Waals surface area contributed by atoms with Crippen LogP contribution in [-0.2, 0) is 44.2 Å². The van der Waals surface area contributed by atoms with Crippen LogP contribution >= 0.6 is 0 Å². The molecule has 36 heavy (non-hydrogen) atoms. The van der Waals surface area contributed by atoms with Gasteiger partial charge in [0.15, 0.2) is 0 Å². The van der Waals surface area contributed by atoms with Gasteiger partial charge in [0.1, 0.15) is 12.4 Å². The van der Waals surface area contributed by atoms with Gasteiger partial charge in [0, 0.05) is 29.0 Å². The normalized spacial score (nSPS) is 18.8. The average molecular weight is 492 g/mol. The topological polar surface area (TPSA) is 134 Å². The zero-order valence-electron chi connectivity index (χ0n) is 20.6. The maximum Gasteiger partial charge on any atom is 0.355 e. The number of phenolic OH excluding ortho intramolecular Hbond substituents is 1. The lowest BCUT2D eigenvalue weighted by molar-refractivity contribution is -0.189. The summed E-state index contributed by atoms with van der Waals surface area (Å²) in [5, 5.41) is 10.9. The van der Waals surface area contributed by atoms with E-state index in [-0.39, 0.29) is 36.8 Å².